The number of hydrogen-bond donors (Lipinski definition) is 1. The maximum atomic E-state index is 11.7. The Hall–Kier alpha value is -1.84. The number of nitrogens with zero attached hydrogens (tertiary/aromatic N) is 1. The minimum atomic E-state index is -1.19. The predicted octanol–water partition coefficient (Wildman–Crippen LogP) is 4.36. The molecule has 176 valence electrons. The van der Waals surface area contributed by atoms with Crippen LogP contribution in [0.5, 0.6) is 0 Å². The lowest BCUT2D eigenvalue weighted by Gasteiger charge is -2.17. The molecule has 0 aromatic heterocycles. The van der Waals surface area contributed by atoms with Crippen LogP contribution in [-0.4, -0.2) is 54.5 Å². The first-order valence-electron chi connectivity index (χ1n) is 12.0. The monoisotopic (exact) mass is 435 g/mol. The molecule has 1 atom stereocenters. The molecule has 6 heteroatoms. The quantitative estimate of drug-likeness (QED) is 0.208. The van der Waals surface area contributed by atoms with Gasteiger partial charge >= 0.3 is 11.9 Å². The van der Waals surface area contributed by atoms with Gasteiger partial charge in [-0.1, -0.05) is 70.6 Å². The minimum absolute atomic E-state index is 0.0604. The topological polar surface area (TPSA) is 76.1 Å². The van der Waals surface area contributed by atoms with E-state index in [1.54, 1.807) is 0 Å². The first-order valence-corrected chi connectivity index (χ1v) is 12.0. The van der Waals surface area contributed by atoms with Gasteiger partial charge in [-0.25, -0.2) is 4.79 Å². The highest BCUT2D eigenvalue weighted by Crippen LogP contribution is 2.13. The lowest BCUT2D eigenvalue weighted by atomic mass is 10.1. The molecule has 1 aliphatic rings. The van der Waals surface area contributed by atoms with Crippen molar-refractivity contribution in [3.05, 3.63) is 11.6 Å². The third-order valence-corrected chi connectivity index (χ3v) is 5.46. The van der Waals surface area contributed by atoms with Crippen molar-refractivity contribution in [2.45, 2.75) is 97.2 Å². The van der Waals surface area contributed by atoms with Crippen LogP contribution in [0.15, 0.2) is 11.6 Å². The summed E-state index contributed by atoms with van der Waals surface area (Å²) in [6.07, 6.45) is 12.6. The van der Waals surface area contributed by atoms with E-state index in [-0.39, 0.29) is 5.97 Å². The van der Waals surface area contributed by atoms with E-state index in [1.807, 2.05) is 0 Å². The Morgan fingerprint density at radius 3 is 2.23 bits per heavy atom. The summed E-state index contributed by atoms with van der Waals surface area (Å²) in [7, 11) is 0. The molecule has 0 spiro atoms. The molecule has 0 fully saturated rings. The fraction of sp³-hybridized carbons (Fsp3) is 0.760. The van der Waals surface area contributed by atoms with Crippen molar-refractivity contribution >= 4 is 11.9 Å². The van der Waals surface area contributed by atoms with E-state index in [4.69, 9.17) is 4.74 Å². The fourth-order valence-electron chi connectivity index (χ4n) is 3.47. The van der Waals surface area contributed by atoms with Crippen LogP contribution in [-0.2, 0) is 19.1 Å². The van der Waals surface area contributed by atoms with Gasteiger partial charge in [-0.2, -0.15) is 0 Å². The van der Waals surface area contributed by atoms with Crippen LogP contribution in [0, 0.1) is 11.8 Å². The van der Waals surface area contributed by atoms with Gasteiger partial charge in [0.05, 0.1) is 12.2 Å². The van der Waals surface area contributed by atoms with Gasteiger partial charge < -0.3 is 19.5 Å². The van der Waals surface area contributed by atoms with Crippen molar-refractivity contribution < 1.29 is 24.2 Å². The highest BCUT2D eigenvalue weighted by molar-refractivity contribution is 5.86. The molecule has 1 unspecified atom stereocenters. The molecule has 0 saturated heterocycles. The Kier molecular flexibility index (Phi) is 15.6. The van der Waals surface area contributed by atoms with Crippen LogP contribution in [0.1, 0.15) is 90.9 Å². The Morgan fingerprint density at radius 2 is 1.65 bits per heavy atom. The van der Waals surface area contributed by atoms with Crippen molar-refractivity contribution in [3.8, 4) is 11.8 Å². The maximum Gasteiger partial charge on any atom is 0.334 e. The number of aliphatic hydroxyl groups excluding tert-OH is 1. The zero-order valence-electron chi connectivity index (χ0n) is 19.5. The van der Waals surface area contributed by atoms with Crippen LogP contribution in [0.25, 0.3) is 0 Å². The smallest absolute Gasteiger partial charge is 0.334 e. The lowest BCUT2D eigenvalue weighted by Crippen LogP contribution is -2.24. The van der Waals surface area contributed by atoms with Gasteiger partial charge in [0.15, 0.2) is 0 Å². The molecule has 0 saturated carbocycles. The van der Waals surface area contributed by atoms with Crippen LogP contribution < -0.4 is 0 Å². The second-order valence-electron chi connectivity index (χ2n) is 7.97. The van der Waals surface area contributed by atoms with E-state index in [2.05, 4.69) is 35.3 Å². The van der Waals surface area contributed by atoms with Gasteiger partial charge in [0, 0.05) is 18.9 Å². The molecule has 1 N–H and O–H groups in total. The largest absolute Gasteiger partial charge is 0.466 e. The number of cyclic esters (lactones) is 1. The molecular weight excluding hydrogens is 394 g/mol. The average molecular weight is 436 g/mol. The summed E-state index contributed by atoms with van der Waals surface area (Å²) < 4.78 is 9.89. The normalized spacial score (nSPS) is 15.4. The first-order chi connectivity index (χ1) is 15.1. The zero-order valence-corrected chi connectivity index (χ0v) is 19.5. The zero-order chi connectivity index (χ0) is 22.7. The van der Waals surface area contributed by atoms with Gasteiger partial charge in [-0.15, -0.1) is 0 Å². The van der Waals surface area contributed by atoms with Gasteiger partial charge in [-0.3, -0.25) is 4.79 Å². The van der Waals surface area contributed by atoms with Crippen LogP contribution in [0.2, 0.25) is 0 Å². The standard InChI is InChI=1S/C25H41NO5/c1-3-26(4-2)19-16-18-23(27)30-20-15-13-11-9-7-5-6-8-10-12-14-17-22-21-24(28)31-25(22)29/h21,25,29H,3-13,15-16,18-20H2,1-2H3. The van der Waals surface area contributed by atoms with Gasteiger partial charge in [0.2, 0.25) is 6.29 Å². The Labute approximate surface area is 188 Å². The molecule has 0 bridgehead atoms. The minimum Gasteiger partial charge on any atom is -0.466 e. The number of hydrogen-bond acceptors (Lipinski definition) is 6. The number of aliphatic hydroxyl groups is 1. The van der Waals surface area contributed by atoms with Gasteiger partial charge in [0.25, 0.3) is 0 Å². The van der Waals surface area contributed by atoms with Crippen molar-refractivity contribution in [3.63, 3.8) is 0 Å². The molecule has 0 aromatic rings. The summed E-state index contributed by atoms with van der Waals surface area (Å²) >= 11 is 0. The summed E-state index contributed by atoms with van der Waals surface area (Å²) in [5.74, 6) is 5.21. The molecule has 0 amide bonds. The van der Waals surface area contributed by atoms with Crippen LogP contribution >= 0.6 is 0 Å². The van der Waals surface area contributed by atoms with Crippen LogP contribution in [0.4, 0.5) is 0 Å². The number of rotatable bonds is 17. The summed E-state index contributed by atoms with van der Waals surface area (Å²) in [6.45, 7) is 7.87. The Bertz CT molecular complexity index is 601. The molecule has 1 aliphatic heterocycles. The molecule has 0 aliphatic carbocycles. The summed E-state index contributed by atoms with van der Waals surface area (Å²) in [4.78, 5) is 25.0. The maximum absolute atomic E-state index is 11.7. The van der Waals surface area contributed by atoms with E-state index in [0.717, 1.165) is 58.2 Å². The SMILES string of the molecule is CCN(CC)CCCC(=O)OCCCCCCCCCCCC#CC1=CC(=O)OC1O. The highest BCUT2D eigenvalue weighted by atomic mass is 16.6. The van der Waals surface area contributed by atoms with Crippen molar-refractivity contribution in [2.75, 3.05) is 26.2 Å². The number of carbonyl (C=O) groups is 2. The van der Waals surface area contributed by atoms with Gasteiger partial charge in [-0.05, 0) is 38.9 Å². The van der Waals surface area contributed by atoms with Crippen molar-refractivity contribution in [2.24, 2.45) is 0 Å². The molecule has 1 rings (SSSR count). The Balaban J connectivity index is 1.83. The third kappa shape index (κ3) is 14.0. The van der Waals surface area contributed by atoms with Crippen LogP contribution in [0.3, 0.4) is 0 Å². The number of ether oxygens (including phenoxy) is 2. The highest BCUT2D eigenvalue weighted by Gasteiger charge is 2.21. The molecule has 6 nitrogen and oxygen atoms in total. The van der Waals surface area contributed by atoms with E-state index in [0.29, 0.717) is 18.6 Å². The second-order valence-corrected chi connectivity index (χ2v) is 7.97. The average Bonchev–Trinajstić information content (AvgIpc) is 3.08. The predicted molar refractivity (Wildman–Crippen MR) is 122 cm³/mol. The number of carbonyl (C=O) groups excluding carboxylic acids is 2. The molecule has 1 heterocycles. The number of esters is 2. The summed E-state index contributed by atoms with van der Waals surface area (Å²) in [6, 6.07) is 0. The summed E-state index contributed by atoms with van der Waals surface area (Å²) in [5.41, 5.74) is 0.357. The summed E-state index contributed by atoms with van der Waals surface area (Å²) in [5, 5.41) is 9.40. The molecule has 31 heavy (non-hydrogen) atoms. The van der Waals surface area contributed by atoms with E-state index < -0.39 is 12.3 Å². The van der Waals surface area contributed by atoms with Gasteiger partial charge in [0.1, 0.15) is 0 Å². The molecule has 0 aromatic carbocycles. The fourth-order valence-corrected chi connectivity index (χ4v) is 3.47. The van der Waals surface area contributed by atoms with E-state index in [9.17, 15) is 14.7 Å². The van der Waals surface area contributed by atoms with E-state index >= 15 is 0 Å². The van der Waals surface area contributed by atoms with E-state index in [1.165, 1.54) is 38.2 Å². The lowest BCUT2D eigenvalue weighted by molar-refractivity contribution is -0.150. The van der Waals surface area contributed by atoms with Crippen molar-refractivity contribution in [1.82, 2.24) is 4.90 Å². The number of unbranched alkanes of at least 4 members (excludes halogenated alkanes) is 9. The Morgan fingerprint density at radius 1 is 1.03 bits per heavy atom. The first kappa shape index (κ1) is 27.2. The second kappa shape index (κ2) is 17.8. The third-order valence-electron chi connectivity index (χ3n) is 5.46. The molecule has 0 radical (unpaired) electrons. The molecular formula is C25H41NO5. The van der Waals surface area contributed by atoms with Crippen molar-refractivity contribution in [1.29, 1.82) is 0 Å².